The molecular formula is C31H32ClFN8. The van der Waals surface area contributed by atoms with Gasteiger partial charge in [-0.3, -0.25) is 15.0 Å². The molecule has 41 heavy (non-hydrogen) atoms. The number of allylic oxidation sites excluding steroid dienone is 1. The average Bonchev–Trinajstić information content (AvgIpc) is 3.44. The normalized spacial score (nSPS) is 14.0. The highest BCUT2D eigenvalue weighted by atomic mass is 35.5. The van der Waals surface area contributed by atoms with Gasteiger partial charge in [0.05, 0.1) is 33.5 Å². The molecule has 0 aliphatic carbocycles. The van der Waals surface area contributed by atoms with E-state index < -0.39 is 11.9 Å². The van der Waals surface area contributed by atoms with Crippen LogP contribution < -0.4 is 21.6 Å². The van der Waals surface area contributed by atoms with Gasteiger partial charge in [0, 0.05) is 47.3 Å². The van der Waals surface area contributed by atoms with Gasteiger partial charge < -0.3 is 16.1 Å². The lowest BCUT2D eigenvalue weighted by Gasteiger charge is -2.24. The van der Waals surface area contributed by atoms with E-state index in [0.717, 1.165) is 28.8 Å². The standard InChI is InChI=1S/C31H32ClFN8/c1-6-18(2)41-16-26(39-40-41)30(22-9-10-25(33)29-21(22)8-7-11-35-29)38-20-12-23-27(37-17-31(3,4)5)19(14-34)15-36-28(23)24(32)13-20/h7-13,15-16,30,38-40H,2,6,17H2,1,3-5H3,(H,36,37)/t30-/m0/s1. The molecule has 210 valence electrons. The Hall–Kier alpha value is -4.39. The van der Waals surface area contributed by atoms with Crippen LogP contribution in [0.1, 0.15) is 51.3 Å². The molecule has 0 amide bonds. The van der Waals surface area contributed by atoms with Gasteiger partial charge in [0.15, 0.2) is 0 Å². The average molecular weight is 571 g/mol. The van der Waals surface area contributed by atoms with Crippen molar-refractivity contribution in [3.05, 3.63) is 94.9 Å². The number of hydrogen-bond donors (Lipinski definition) is 4. The van der Waals surface area contributed by atoms with E-state index in [9.17, 15) is 9.65 Å². The van der Waals surface area contributed by atoms with Gasteiger partial charge in [0.2, 0.25) is 0 Å². The third kappa shape index (κ3) is 5.75. The molecule has 2 aromatic heterocycles. The van der Waals surface area contributed by atoms with Crippen LogP contribution in [0.15, 0.2) is 73.0 Å². The molecule has 0 bridgehead atoms. The van der Waals surface area contributed by atoms with Gasteiger partial charge in [0.25, 0.3) is 0 Å². The molecule has 0 radical (unpaired) electrons. The van der Waals surface area contributed by atoms with E-state index in [0.29, 0.717) is 39.4 Å². The van der Waals surface area contributed by atoms with Crippen molar-refractivity contribution in [3.63, 3.8) is 0 Å². The van der Waals surface area contributed by atoms with Crippen LogP contribution in [0, 0.1) is 22.6 Å². The number of aromatic nitrogens is 2. The largest absolute Gasteiger partial charge is 0.383 e. The quantitative estimate of drug-likeness (QED) is 0.177. The van der Waals surface area contributed by atoms with Gasteiger partial charge in [-0.25, -0.2) is 4.39 Å². The van der Waals surface area contributed by atoms with Crippen LogP contribution in [-0.2, 0) is 0 Å². The molecule has 3 heterocycles. The summed E-state index contributed by atoms with van der Waals surface area (Å²) in [6, 6.07) is 12.3. The number of nitriles is 1. The van der Waals surface area contributed by atoms with Crippen molar-refractivity contribution < 1.29 is 4.39 Å². The Kier molecular flexibility index (Phi) is 7.72. The number of rotatable bonds is 8. The zero-order valence-corrected chi connectivity index (χ0v) is 24.2. The topological polar surface area (TPSA) is 101 Å². The van der Waals surface area contributed by atoms with Crippen LogP contribution in [0.25, 0.3) is 21.8 Å². The SMILES string of the molecule is C=C(CC)N1C=C([C@@H](Nc2cc(Cl)c3ncc(C#N)c(NCC(C)(C)C)c3c2)c2ccc(F)c3ncccc23)NN1. The zero-order chi connectivity index (χ0) is 29.3. The minimum absolute atomic E-state index is 0.0211. The Morgan fingerprint density at radius 2 is 2.00 bits per heavy atom. The Labute approximate surface area is 243 Å². The van der Waals surface area contributed by atoms with E-state index in [-0.39, 0.29) is 10.9 Å². The van der Waals surface area contributed by atoms with E-state index >= 15 is 0 Å². The van der Waals surface area contributed by atoms with Crippen molar-refractivity contribution in [2.45, 2.75) is 40.2 Å². The predicted octanol–water partition coefficient (Wildman–Crippen LogP) is 7.15. The fraction of sp³-hybridized carbons (Fsp3) is 0.258. The van der Waals surface area contributed by atoms with Crippen LogP contribution >= 0.6 is 11.6 Å². The van der Waals surface area contributed by atoms with Crippen molar-refractivity contribution >= 4 is 44.8 Å². The summed E-state index contributed by atoms with van der Waals surface area (Å²) in [4.78, 5) is 8.77. The van der Waals surface area contributed by atoms with Crippen molar-refractivity contribution in [3.8, 4) is 6.07 Å². The van der Waals surface area contributed by atoms with Crippen LogP contribution in [0.4, 0.5) is 15.8 Å². The highest BCUT2D eigenvalue weighted by molar-refractivity contribution is 6.35. The summed E-state index contributed by atoms with van der Waals surface area (Å²) in [7, 11) is 0. The molecule has 0 fully saturated rings. The molecule has 4 aromatic rings. The number of halogens is 2. The maximum atomic E-state index is 14.7. The van der Waals surface area contributed by atoms with E-state index in [2.05, 4.69) is 65.0 Å². The minimum atomic E-state index is -0.462. The summed E-state index contributed by atoms with van der Waals surface area (Å²) >= 11 is 6.77. The van der Waals surface area contributed by atoms with Crippen molar-refractivity contribution in [2.75, 3.05) is 17.2 Å². The third-order valence-corrected chi connectivity index (χ3v) is 7.15. The van der Waals surface area contributed by atoms with Gasteiger partial charge >= 0.3 is 0 Å². The molecule has 8 nitrogen and oxygen atoms in total. The lowest BCUT2D eigenvalue weighted by molar-refractivity contribution is 0.327. The maximum Gasteiger partial charge on any atom is 0.149 e. The van der Waals surface area contributed by atoms with E-state index in [4.69, 9.17) is 11.6 Å². The highest BCUT2D eigenvalue weighted by Crippen LogP contribution is 2.37. The second kappa shape index (κ2) is 11.2. The zero-order valence-electron chi connectivity index (χ0n) is 23.4. The smallest absolute Gasteiger partial charge is 0.149 e. The third-order valence-electron chi connectivity index (χ3n) is 6.87. The Balaban J connectivity index is 1.65. The first-order valence-corrected chi connectivity index (χ1v) is 13.7. The number of benzene rings is 2. The molecule has 1 atom stereocenters. The summed E-state index contributed by atoms with van der Waals surface area (Å²) in [5.41, 5.74) is 11.5. The van der Waals surface area contributed by atoms with Crippen LogP contribution in [0.3, 0.4) is 0 Å². The second-order valence-corrected chi connectivity index (χ2v) is 11.6. The number of pyridine rings is 2. The Morgan fingerprint density at radius 1 is 1.20 bits per heavy atom. The summed E-state index contributed by atoms with van der Waals surface area (Å²) in [5.74, 6) is -0.394. The second-order valence-electron chi connectivity index (χ2n) is 11.2. The number of hydrogen-bond acceptors (Lipinski definition) is 8. The molecule has 0 saturated heterocycles. The summed E-state index contributed by atoms with van der Waals surface area (Å²) in [6.07, 6.45) is 5.79. The molecule has 1 aliphatic heterocycles. The molecular weight excluding hydrogens is 539 g/mol. The fourth-order valence-corrected chi connectivity index (χ4v) is 4.96. The molecule has 2 aromatic carbocycles. The van der Waals surface area contributed by atoms with Crippen LogP contribution in [0.5, 0.6) is 0 Å². The summed E-state index contributed by atoms with van der Waals surface area (Å²) < 4.78 is 14.7. The number of nitrogens with zero attached hydrogens (tertiary/aromatic N) is 4. The number of hydrazine groups is 2. The van der Waals surface area contributed by atoms with Gasteiger partial charge in [-0.15, -0.1) is 5.53 Å². The number of nitrogens with one attached hydrogen (secondary N) is 4. The van der Waals surface area contributed by atoms with Gasteiger partial charge in [-0.2, -0.15) is 5.26 Å². The first kappa shape index (κ1) is 28.1. The Morgan fingerprint density at radius 3 is 2.73 bits per heavy atom. The predicted molar refractivity (Wildman–Crippen MR) is 163 cm³/mol. The molecule has 5 rings (SSSR count). The van der Waals surface area contributed by atoms with Gasteiger partial charge in [-0.05, 0) is 41.7 Å². The molecule has 1 aliphatic rings. The monoisotopic (exact) mass is 570 g/mol. The van der Waals surface area contributed by atoms with E-state index in [1.807, 2.05) is 30.3 Å². The van der Waals surface area contributed by atoms with Crippen molar-refractivity contribution in [1.29, 1.82) is 5.26 Å². The molecule has 4 N–H and O–H groups in total. The fourth-order valence-electron chi connectivity index (χ4n) is 4.69. The number of anilines is 2. The van der Waals surface area contributed by atoms with E-state index in [1.54, 1.807) is 30.6 Å². The lowest BCUT2D eigenvalue weighted by atomic mass is 9.96. The van der Waals surface area contributed by atoms with Crippen LogP contribution in [0.2, 0.25) is 5.02 Å². The van der Waals surface area contributed by atoms with Crippen molar-refractivity contribution in [1.82, 2.24) is 25.9 Å². The summed E-state index contributed by atoms with van der Waals surface area (Å²) in [5, 5.41) is 20.5. The maximum absolute atomic E-state index is 14.7. The van der Waals surface area contributed by atoms with Crippen molar-refractivity contribution in [2.24, 2.45) is 5.41 Å². The van der Waals surface area contributed by atoms with Gasteiger partial charge in [0.1, 0.15) is 17.4 Å². The van der Waals surface area contributed by atoms with E-state index in [1.165, 1.54) is 6.07 Å². The summed E-state index contributed by atoms with van der Waals surface area (Å²) in [6.45, 7) is 13.1. The molecule has 0 unspecified atom stereocenters. The molecule has 0 spiro atoms. The Bertz CT molecular complexity index is 1720. The first-order chi connectivity index (χ1) is 19.6. The van der Waals surface area contributed by atoms with Gasteiger partial charge in [-0.1, -0.05) is 58.0 Å². The first-order valence-electron chi connectivity index (χ1n) is 13.4. The van der Waals surface area contributed by atoms with Crippen LogP contribution in [-0.4, -0.2) is 21.5 Å². The minimum Gasteiger partial charge on any atom is -0.383 e. The number of fused-ring (bicyclic) bond motifs is 2. The molecule has 0 saturated carbocycles. The lowest BCUT2D eigenvalue weighted by Crippen LogP contribution is -2.36. The molecule has 10 heteroatoms. The highest BCUT2D eigenvalue weighted by Gasteiger charge is 2.26.